The quantitative estimate of drug-likeness (QED) is 0.808. The Bertz CT molecular complexity index is 475. The highest BCUT2D eigenvalue weighted by Gasteiger charge is 2.21. The highest BCUT2D eigenvalue weighted by atomic mass is 32.1. The lowest BCUT2D eigenvalue weighted by atomic mass is 10.0. The molecule has 1 aromatic rings. The zero-order valence-electron chi connectivity index (χ0n) is 10.8. The van der Waals surface area contributed by atoms with Crippen molar-refractivity contribution in [3.63, 3.8) is 0 Å². The van der Waals surface area contributed by atoms with Crippen molar-refractivity contribution in [2.45, 2.75) is 31.9 Å². The third-order valence-electron chi connectivity index (χ3n) is 3.10. The van der Waals surface area contributed by atoms with E-state index < -0.39 is 0 Å². The van der Waals surface area contributed by atoms with Crippen LogP contribution in [0, 0.1) is 0 Å². The Kier molecular flexibility index (Phi) is 4.44. The molecule has 1 saturated heterocycles. The minimum atomic E-state index is -0.173. The van der Waals surface area contributed by atoms with Crippen LogP contribution in [0.25, 0.3) is 0 Å². The van der Waals surface area contributed by atoms with Crippen LogP contribution in [0.5, 0.6) is 0 Å². The molecule has 1 amide bonds. The van der Waals surface area contributed by atoms with Gasteiger partial charge in [-0.2, -0.15) is 0 Å². The molecule has 2 unspecified atom stereocenters. The van der Waals surface area contributed by atoms with E-state index in [4.69, 9.17) is 22.7 Å². The fourth-order valence-electron chi connectivity index (χ4n) is 2.06. The molecule has 6 heteroatoms. The number of hydrogen-bond donors (Lipinski definition) is 2. The number of amides is 1. The highest BCUT2D eigenvalue weighted by molar-refractivity contribution is 7.80. The van der Waals surface area contributed by atoms with Crippen LogP contribution in [0.1, 0.15) is 35.8 Å². The molecule has 0 radical (unpaired) electrons. The number of thiocarbonyl (C=S) groups is 1. The Balaban J connectivity index is 1.97. The van der Waals surface area contributed by atoms with Gasteiger partial charge in [-0.05, 0) is 31.9 Å². The molecule has 1 aliphatic rings. The summed E-state index contributed by atoms with van der Waals surface area (Å²) in [6.07, 6.45) is 3.37. The predicted octanol–water partition coefficient (Wildman–Crippen LogP) is 1.01. The van der Waals surface area contributed by atoms with Gasteiger partial charge in [-0.15, -0.1) is 0 Å². The number of nitrogens with zero attached hydrogens (tertiary/aromatic N) is 1. The van der Waals surface area contributed by atoms with Gasteiger partial charge in [0.2, 0.25) is 0 Å². The van der Waals surface area contributed by atoms with Crippen molar-refractivity contribution in [1.29, 1.82) is 0 Å². The summed E-state index contributed by atoms with van der Waals surface area (Å²) in [6, 6.07) is 3.48. The Morgan fingerprint density at radius 1 is 1.58 bits per heavy atom. The van der Waals surface area contributed by atoms with Gasteiger partial charge in [0, 0.05) is 24.4 Å². The number of carbonyl (C=O) groups is 1. The van der Waals surface area contributed by atoms with E-state index in [0.29, 0.717) is 17.9 Å². The van der Waals surface area contributed by atoms with Gasteiger partial charge in [-0.3, -0.25) is 9.78 Å². The van der Waals surface area contributed by atoms with E-state index in [2.05, 4.69) is 10.3 Å². The van der Waals surface area contributed by atoms with Gasteiger partial charge in [0.05, 0.1) is 6.10 Å². The molecule has 0 aliphatic carbocycles. The molecular formula is C13H17N3O2S. The van der Waals surface area contributed by atoms with Crippen LogP contribution in [0.2, 0.25) is 0 Å². The topological polar surface area (TPSA) is 77.2 Å². The van der Waals surface area contributed by atoms with E-state index in [1.807, 2.05) is 6.92 Å². The minimum absolute atomic E-state index is 0.147. The summed E-state index contributed by atoms with van der Waals surface area (Å²) in [6.45, 7) is 2.69. The first kappa shape index (κ1) is 13.9. The summed E-state index contributed by atoms with van der Waals surface area (Å²) in [5.74, 6) is -0.173. The second-order valence-corrected chi connectivity index (χ2v) is 5.11. The van der Waals surface area contributed by atoms with Crippen molar-refractivity contribution in [2.75, 3.05) is 6.61 Å². The van der Waals surface area contributed by atoms with E-state index in [1.54, 1.807) is 12.1 Å². The van der Waals surface area contributed by atoms with E-state index in [1.165, 1.54) is 6.20 Å². The summed E-state index contributed by atoms with van der Waals surface area (Å²) < 4.78 is 5.44. The second-order valence-electron chi connectivity index (χ2n) is 4.67. The average Bonchev–Trinajstić information content (AvgIpc) is 2.39. The summed E-state index contributed by atoms with van der Waals surface area (Å²) >= 11 is 4.84. The zero-order chi connectivity index (χ0) is 13.8. The van der Waals surface area contributed by atoms with Crippen molar-refractivity contribution >= 4 is 23.1 Å². The Morgan fingerprint density at radius 3 is 2.95 bits per heavy atom. The molecule has 1 aliphatic heterocycles. The number of rotatable bonds is 3. The fraction of sp³-hybridized carbons (Fsp3) is 0.462. The van der Waals surface area contributed by atoms with E-state index in [-0.39, 0.29) is 23.0 Å². The Hall–Kier alpha value is -1.53. The molecule has 1 aromatic heterocycles. The van der Waals surface area contributed by atoms with Crippen LogP contribution < -0.4 is 11.1 Å². The first-order chi connectivity index (χ1) is 9.06. The smallest absolute Gasteiger partial charge is 0.270 e. The van der Waals surface area contributed by atoms with Crippen molar-refractivity contribution in [3.8, 4) is 0 Å². The molecule has 0 saturated carbocycles. The Labute approximate surface area is 117 Å². The summed E-state index contributed by atoms with van der Waals surface area (Å²) in [4.78, 5) is 16.4. The maximum atomic E-state index is 12.0. The van der Waals surface area contributed by atoms with Gasteiger partial charge in [-0.1, -0.05) is 12.2 Å². The van der Waals surface area contributed by atoms with Gasteiger partial charge >= 0.3 is 0 Å². The standard InChI is InChI=1S/C13H17N3O2S/c1-8-6-10(4-5-18-8)16-13(17)11-3-2-9(7-15-11)12(14)19/h2-3,7-8,10H,4-6H2,1H3,(H2,14,19)(H,16,17). The normalized spacial score (nSPS) is 22.8. The summed E-state index contributed by atoms with van der Waals surface area (Å²) in [7, 11) is 0. The van der Waals surface area contributed by atoms with E-state index in [9.17, 15) is 4.79 Å². The van der Waals surface area contributed by atoms with Gasteiger partial charge in [0.15, 0.2) is 0 Å². The highest BCUT2D eigenvalue weighted by Crippen LogP contribution is 2.13. The lowest BCUT2D eigenvalue weighted by molar-refractivity contribution is 0.0136. The van der Waals surface area contributed by atoms with Crippen LogP contribution in [0.4, 0.5) is 0 Å². The second kappa shape index (κ2) is 6.08. The largest absolute Gasteiger partial charge is 0.389 e. The molecule has 1 fully saturated rings. The van der Waals surface area contributed by atoms with E-state index >= 15 is 0 Å². The Morgan fingerprint density at radius 2 is 2.37 bits per heavy atom. The lowest BCUT2D eigenvalue weighted by Crippen LogP contribution is -2.41. The number of pyridine rings is 1. The maximum Gasteiger partial charge on any atom is 0.270 e. The lowest BCUT2D eigenvalue weighted by Gasteiger charge is -2.27. The number of hydrogen-bond acceptors (Lipinski definition) is 4. The number of ether oxygens (including phenoxy) is 1. The molecular weight excluding hydrogens is 262 g/mol. The van der Waals surface area contributed by atoms with Gasteiger partial charge < -0.3 is 15.8 Å². The molecule has 2 atom stereocenters. The number of carbonyl (C=O) groups excluding carboxylic acids is 1. The van der Waals surface area contributed by atoms with Crippen LogP contribution in [-0.4, -0.2) is 34.6 Å². The molecule has 0 aromatic carbocycles. The molecule has 0 bridgehead atoms. The van der Waals surface area contributed by atoms with E-state index in [0.717, 1.165) is 12.8 Å². The van der Waals surface area contributed by atoms with Crippen molar-refractivity contribution in [3.05, 3.63) is 29.6 Å². The molecule has 3 N–H and O–H groups in total. The first-order valence-electron chi connectivity index (χ1n) is 6.24. The van der Waals surface area contributed by atoms with Crippen LogP contribution in [0.3, 0.4) is 0 Å². The first-order valence-corrected chi connectivity index (χ1v) is 6.65. The third-order valence-corrected chi connectivity index (χ3v) is 3.34. The SMILES string of the molecule is CC1CC(NC(=O)c2ccc(C(N)=S)cn2)CCO1. The number of aromatic nitrogens is 1. The van der Waals surface area contributed by atoms with Gasteiger partial charge in [-0.25, -0.2) is 0 Å². The number of nitrogens with one attached hydrogen (secondary N) is 1. The minimum Gasteiger partial charge on any atom is -0.389 e. The fourth-order valence-corrected chi connectivity index (χ4v) is 2.18. The number of nitrogens with two attached hydrogens (primary N) is 1. The summed E-state index contributed by atoms with van der Waals surface area (Å²) in [5.41, 5.74) is 6.51. The van der Waals surface area contributed by atoms with Gasteiger partial charge in [0.25, 0.3) is 5.91 Å². The monoisotopic (exact) mass is 279 g/mol. The zero-order valence-corrected chi connectivity index (χ0v) is 11.6. The van der Waals surface area contributed by atoms with Crippen LogP contribution in [-0.2, 0) is 4.74 Å². The molecule has 102 valence electrons. The molecule has 2 heterocycles. The molecule has 0 spiro atoms. The molecule has 19 heavy (non-hydrogen) atoms. The van der Waals surface area contributed by atoms with Crippen molar-refractivity contribution in [2.24, 2.45) is 5.73 Å². The predicted molar refractivity (Wildman–Crippen MR) is 76.0 cm³/mol. The van der Waals surface area contributed by atoms with Crippen molar-refractivity contribution < 1.29 is 9.53 Å². The van der Waals surface area contributed by atoms with Crippen molar-refractivity contribution in [1.82, 2.24) is 10.3 Å². The van der Waals surface area contributed by atoms with Crippen LogP contribution >= 0.6 is 12.2 Å². The van der Waals surface area contributed by atoms with Crippen LogP contribution in [0.15, 0.2) is 18.3 Å². The molecule has 2 rings (SSSR count). The maximum absolute atomic E-state index is 12.0. The van der Waals surface area contributed by atoms with Gasteiger partial charge in [0.1, 0.15) is 10.7 Å². The summed E-state index contributed by atoms with van der Waals surface area (Å²) in [5, 5.41) is 2.97. The average molecular weight is 279 g/mol. The third kappa shape index (κ3) is 3.71. The molecule has 5 nitrogen and oxygen atoms in total.